The quantitative estimate of drug-likeness (QED) is 0.115. The Morgan fingerprint density at radius 1 is 0.604 bits per heavy atom. The zero-order valence-electron chi connectivity index (χ0n) is 26.2. The van der Waals surface area contributed by atoms with E-state index in [0.29, 0.717) is 52.1 Å². The van der Waals surface area contributed by atoms with E-state index in [4.69, 9.17) is 11.6 Å². The largest absolute Gasteiger partial charge is 0.416 e. The average Bonchev–Trinajstić information content (AvgIpc) is 3.71. The Kier molecular flexibility index (Phi) is 11.4. The van der Waals surface area contributed by atoms with Crippen LogP contribution in [0.5, 0.6) is 0 Å². The van der Waals surface area contributed by atoms with Crippen LogP contribution in [0.1, 0.15) is 74.1 Å². The lowest BCUT2D eigenvalue weighted by atomic mass is 10.0. The summed E-state index contributed by atoms with van der Waals surface area (Å²) in [5, 5.41) is 7.07. The van der Waals surface area contributed by atoms with Gasteiger partial charge in [0.15, 0.2) is 0 Å². The van der Waals surface area contributed by atoms with E-state index in [9.17, 15) is 26.3 Å². The molecule has 0 unspecified atom stereocenters. The lowest BCUT2D eigenvalue weighted by Gasteiger charge is -2.18. The minimum Gasteiger partial charge on any atom is -0.367 e. The summed E-state index contributed by atoms with van der Waals surface area (Å²) in [6.07, 6.45) is 0.273. The van der Waals surface area contributed by atoms with Crippen LogP contribution in [0, 0.1) is 17.5 Å². The van der Waals surface area contributed by atoms with Crippen LogP contribution in [0.15, 0.2) is 48.5 Å². The molecular formula is C34H34ClF6IN6. The van der Waals surface area contributed by atoms with Crippen LogP contribution >= 0.6 is 34.2 Å². The smallest absolute Gasteiger partial charge is 0.367 e. The van der Waals surface area contributed by atoms with Crippen molar-refractivity contribution in [2.24, 2.45) is 0 Å². The first kappa shape index (κ1) is 36.1. The summed E-state index contributed by atoms with van der Waals surface area (Å²) in [6.45, 7) is 3.56. The summed E-state index contributed by atoms with van der Waals surface area (Å²) in [7, 11) is 0. The summed E-state index contributed by atoms with van der Waals surface area (Å²) < 4.78 is 77.3. The fourth-order valence-electron chi connectivity index (χ4n) is 5.98. The SMILES string of the molecule is Cc1nc(Cl)c(-c2ccc(C(F)(F)F)cc2)c(NC2CCCC2)n1.Cc1nc(I)c(-c2ccc(C(F)(F)F)cc2)c(NC2CCCC2)n1. The number of aromatic nitrogens is 4. The molecule has 256 valence electrons. The highest BCUT2D eigenvalue weighted by atomic mass is 127. The monoisotopic (exact) mass is 802 g/mol. The molecule has 0 atom stereocenters. The Morgan fingerprint density at radius 2 is 0.979 bits per heavy atom. The lowest BCUT2D eigenvalue weighted by Crippen LogP contribution is -2.17. The number of rotatable bonds is 6. The van der Waals surface area contributed by atoms with E-state index < -0.39 is 23.5 Å². The van der Waals surface area contributed by atoms with Gasteiger partial charge in [-0.05, 0) is 97.5 Å². The van der Waals surface area contributed by atoms with Crippen LogP contribution in [-0.2, 0) is 12.4 Å². The molecule has 2 N–H and O–H groups in total. The molecule has 0 spiro atoms. The van der Waals surface area contributed by atoms with Gasteiger partial charge in [0.2, 0.25) is 0 Å². The van der Waals surface area contributed by atoms with Crippen LogP contribution in [-0.4, -0.2) is 32.0 Å². The number of hydrogen-bond donors (Lipinski definition) is 2. The van der Waals surface area contributed by atoms with Gasteiger partial charge in [-0.25, -0.2) is 19.9 Å². The predicted molar refractivity (Wildman–Crippen MR) is 184 cm³/mol. The highest BCUT2D eigenvalue weighted by Crippen LogP contribution is 2.38. The van der Waals surface area contributed by atoms with Gasteiger partial charge in [0.25, 0.3) is 0 Å². The van der Waals surface area contributed by atoms with E-state index >= 15 is 0 Å². The molecule has 6 nitrogen and oxygen atoms in total. The normalized spacial score (nSPS) is 15.7. The van der Waals surface area contributed by atoms with Crippen LogP contribution in [0.4, 0.5) is 38.0 Å². The molecular weight excluding hydrogens is 769 g/mol. The fraction of sp³-hybridized carbons (Fsp3) is 0.412. The molecule has 6 rings (SSSR count). The van der Waals surface area contributed by atoms with Crippen molar-refractivity contribution in [2.75, 3.05) is 10.6 Å². The number of hydrogen-bond acceptors (Lipinski definition) is 6. The molecule has 2 heterocycles. The molecule has 2 fully saturated rings. The van der Waals surface area contributed by atoms with Crippen molar-refractivity contribution in [3.05, 3.63) is 80.2 Å². The highest BCUT2D eigenvalue weighted by molar-refractivity contribution is 14.1. The molecule has 48 heavy (non-hydrogen) atoms. The predicted octanol–water partition coefficient (Wildman–Crippen LogP) is 10.9. The molecule has 0 amide bonds. The Balaban J connectivity index is 0.000000188. The van der Waals surface area contributed by atoms with Gasteiger partial charge in [-0.3, -0.25) is 0 Å². The fourth-order valence-corrected chi connectivity index (χ4v) is 7.21. The number of halogens is 8. The third-order valence-corrected chi connectivity index (χ3v) is 9.40. The number of alkyl halides is 6. The van der Waals surface area contributed by atoms with Gasteiger partial charge in [0.05, 0.1) is 22.3 Å². The van der Waals surface area contributed by atoms with Gasteiger partial charge in [-0.2, -0.15) is 26.3 Å². The third kappa shape index (κ3) is 9.07. The second-order valence-corrected chi connectivity index (χ2v) is 13.4. The molecule has 0 radical (unpaired) electrons. The van der Waals surface area contributed by atoms with Gasteiger partial charge >= 0.3 is 12.4 Å². The number of nitrogens with zero attached hydrogens (tertiary/aromatic N) is 4. The van der Waals surface area contributed by atoms with Crippen molar-refractivity contribution < 1.29 is 26.3 Å². The molecule has 2 aromatic carbocycles. The van der Waals surface area contributed by atoms with Gasteiger partial charge in [-0.1, -0.05) is 61.5 Å². The van der Waals surface area contributed by atoms with Crippen LogP contribution in [0.3, 0.4) is 0 Å². The molecule has 2 aliphatic carbocycles. The topological polar surface area (TPSA) is 75.6 Å². The second kappa shape index (κ2) is 15.1. The molecule has 2 saturated carbocycles. The van der Waals surface area contributed by atoms with Gasteiger partial charge < -0.3 is 10.6 Å². The van der Waals surface area contributed by atoms with E-state index in [0.717, 1.165) is 72.1 Å². The maximum absolute atomic E-state index is 12.8. The summed E-state index contributed by atoms with van der Waals surface area (Å²) in [5.74, 6) is 2.46. The summed E-state index contributed by atoms with van der Waals surface area (Å²) in [6, 6.07) is 10.8. The Bertz CT molecular complexity index is 1580. The molecule has 0 saturated heterocycles. The van der Waals surface area contributed by atoms with Crippen LogP contribution in [0.2, 0.25) is 5.15 Å². The van der Waals surface area contributed by atoms with Crippen molar-refractivity contribution in [3.63, 3.8) is 0 Å². The Hall–Kier alpha value is -3.20. The van der Waals surface area contributed by atoms with E-state index in [2.05, 4.69) is 53.2 Å². The van der Waals surface area contributed by atoms with E-state index in [1.54, 1.807) is 6.92 Å². The first-order valence-corrected chi connectivity index (χ1v) is 17.1. The lowest BCUT2D eigenvalue weighted by molar-refractivity contribution is -0.138. The van der Waals surface area contributed by atoms with Crippen LogP contribution in [0.25, 0.3) is 22.3 Å². The molecule has 0 aliphatic heterocycles. The second-order valence-electron chi connectivity index (χ2n) is 12.0. The minimum absolute atomic E-state index is 0.239. The maximum Gasteiger partial charge on any atom is 0.416 e. The zero-order chi connectivity index (χ0) is 34.6. The first-order chi connectivity index (χ1) is 22.7. The number of aryl methyl sites for hydroxylation is 2. The van der Waals surface area contributed by atoms with E-state index in [1.165, 1.54) is 37.1 Å². The van der Waals surface area contributed by atoms with Crippen molar-refractivity contribution >= 4 is 45.8 Å². The molecule has 2 aromatic heterocycles. The summed E-state index contributed by atoms with van der Waals surface area (Å²) in [4.78, 5) is 17.4. The van der Waals surface area contributed by atoms with Crippen LogP contribution < -0.4 is 10.6 Å². The Morgan fingerprint density at radius 3 is 1.40 bits per heavy atom. The van der Waals surface area contributed by atoms with Gasteiger partial charge in [0.1, 0.15) is 32.1 Å². The van der Waals surface area contributed by atoms with E-state index in [1.807, 2.05) is 6.92 Å². The first-order valence-electron chi connectivity index (χ1n) is 15.7. The number of benzene rings is 2. The van der Waals surface area contributed by atoms with Crippen molar-refractivity contribution in [1.29, 1.82) is 0 Å². The minimum atomic E-state index is -4.36. The molecule has 14 heteroatoms. The molecule has 0 bridgehead atoms. The van der Waals surface area contributed by atoms with Gasteiger partial charge in [0, 0.05) is 12.1 Å². The number of anilines is 2. The highest BCUT2D eigenvalue weighted by Gasteiger charge is 2.31. The van der Waals surface area contributed by atoms with E-state index in [-0.39, 0.29) is 5.15 Å². The summed E-state index contributed by atoms with van der Waals surface area (Å²) in [5.41, 5.74) is 1.21. The average molecular weight is 803 g/mol. The van der Waals surface area contributed by atoms with Crippen molar-refractivity contribution in [1.82, 2.24) is 19.9 Å². The summed E-state index contributed by atoms with van der Waals surface area (Å²) >= 11 is 8.38. The maximum atomic E-state index is 12.8. The van der Waals surface area contributed by atoms with Crippen molar-refractivity contribution in [2.45, 2.75) is 89.7 Å². The Labute approximate surface area is 293 Å². The zero-order valence-corrected chi connectivity index (χ0v) is 29.2. The van der Waals surface area contributed by atoms with Crippen molar-refractivity contribution in [3.8, 4) is 22.3 Å². The number of nitrogens with one attached hydrogen (secondary N) is 2. The van der Waals surface area contributed by atoms with Gasteiger partial charge in [-0.15, -0.1) is 0 Å². The third-order valence-electron chi connectivity index (χ3n) is 8.35. The molecule has 4 aromatic rings. The molecule has 2 aliphatic rings. The standard InChI is InChI=1S/C17H17ClF3N3.C17H17F3IN3/c1-10-22-15(18)14(16(23-10)24-13-4-2-3-5-13)11-6-8-12(9-7-11)17(19,20)21;1-10-22-15(21)14(16(23-10)24-13-4-2-3-5-13)11-6-8-12(9-7-11)17(18,19)20/h2*6-9,13H,2-5H2,1H3,(H,22,23,24).